The van der Waals surface area contributed by atoms with Gasteiger partial charge in [-0.1, -0.05) is 86.6 Å². The summed E-state index contributed by atoms with van der Waals surface area (Å²) in [6, 6.07) is 30.7. The zero-order valence-corrected chi connectivity index (χ0v) is 20.4. The van der Waals surface area contributed by atoms with Crippen molar-refractivity contribution >= 4 is 10.9 Å². The van der Waals surface area contributed by atoms with Gasteiger partial charge in [-0.15, -0.1) is 0 Å². The van der Waals surface area contributed by atoms with Crippen LogP contribution in [0.1, 0.15) is 54.3 Å². The number of fused-ring (bicyclic) bond motifs is 2. The molecule has 3 nitrogen and oxygen atoms in total. The Morgan fingerprint density at radius 2 is 1.53 bits per heavy atom. The van der Waals surface area contributed by atoms with Gasteiger partial charge in [0.15, 0.2) is 0 Å². The van der Waals surface area contributed by atoms with Crippen LogP contribution in [0.2, 0.25) is 0 Å². The Hall–Kier alpha value is -3.01. The Morgan fingerprint density at radius 1 is 0.853 bits per heavy atom. The smallest absolute Gasteiger partial charge is 0.0706 e. The molecule has 1 unspecified atom stereocenters. The molecule has 0 amide bonds. The van der Waals surface area contributed by atoms with Gasteiger partial charge in [-0.3, -0.25) is 9.88 Å². The molecule has 2 heterocycles. The minimum atomic E-state index is 0.235. The number of nitrogens with one attached hydrogen (secondary N) is 1. The molecule has 1 aliphatic rings. The van der Waals surface area contributed by atoms with E-state index in [-0.39, 0.29) is 6.04 Å². The van der Waals surface area contributed by atoms with E-state index in [0.29, 0.717) is 5.92 Å². The molecule has 0 radical (unpaired) electrons. The van der Waals surface area contributed by atoms with Crippen LogP contribution in [0.15, 0.2) is 84.9 Å². The van der Waals surface area contributed by atoms with E-state index in [2.05, 4.69) is 109 Å². The summed E-state index contributed by atoms with van der Waals surface area (Å²) in [5, 5.41) is 5.10. The summed E-state index contributed by atoms with van der Waals surface area (Å²) in [7, 11) is 0. The van der Waals surface area contributed by atoms with Crippen molar-refractivity contribution in [2.45, 2.75) is 45.8 Å². The van der Waals surface area contributed by atoms with E-state index in [1.807, 2.05) is 0 Å². The van der Waals surface area contributed by atoms with E-state index >= 15 is 0 Å². The first-order valence-electron chi connectivity index (χ1n) is 12.6. The van der Waals surface area contributed by atoms with Crippen LogP contribution in [0.5, 0.6) is 0 Å². The maximum atomic E-state index is 5.20. The van der Waals surface area contributed by atoms with Crippen LogP contribution in [0.4, 0.5) is 0 Å². The lowest BCUT2D eigenvalue weighted by Gasteiger charge is -2.26. The van der Waals surface area contributed by atoms with Crippen LogP contribution in [-0.4, -0.2) is 23.0 Å². The molecule has 0 aliphatic carbocycles. The molecular formula is C31H35N3. The second kappa shape index (κ2) is 10.5. The molecule has 1 aromatic heterocycles. The molecule has 0 saturated heterocycles. The number of aromatic nitrogens is 1. The molecule has 0 fully saturated rings. The molecule has 0 bridgehead atoms. The van der Waals surface area contributed by atoms with Gasteiger partial charge < -0.3 is 5.32 Å². The zero-order valence-electron chi connectivity index (χ0n) is 20.4. The predicted octanol–water partition coefficient (Wildman–Crippen LogP) is 6.52. The number of pyridine rings is 1. The van der Waals surface area contributed by atoms with Crippen molar-refractivity contribution in [3.8, 4) is 0 Å². The number of hydrogen-bond donors (Lipinski definition) is 1. The minimum absolute atomic E-state index is 0.235. The Labute approximate surface area is 203 Å². The molecule has 1 aliphatic heterocycles. The Bertz CT molecular complexity index is 1210. The first-order chi connectivity index (χ1) is 16.7. The largest absolute Gasteiger partial charge is 0.308 e. The van der Waals surface area contributed by atoms with Crippen LogP contribution >= 0.6 is 0 Å². The van der Waals surface area contributed by atoms with Crippen LogP contribution in [0, 0.1) is 5.92 Å². The van der Waals surface area contributed by atoms with Gasteiger partial charge in [0, 0.05) is 25.0 Å². The number of nitrogens with zero attached hydrogens (tertiary/aromatic N) is 2. The highest BCUT2D eigenvalue weighted by Gasteiger charge is 2.22. The summed E-state index contributed by atoms with van der Waals surface area (Å²) in [6.45, 7) is 8.88. The molecule has 34 heavy (non-hydrogen) atoms. The quantitative estimate of drug-likeness (QED) is 0.295. The van der Waals surface area contributed by atoms with Crippen LogP contribution in [0.25, 0.3) is 10.9 Å². The molecule has 0 spiro atoms. The van der Waals surface area contributed by atoms with Gasteiger partial charge in [-0.05, 0) is 59.7 Å². The van der Waals surface area contributed by atoms with Crippen molar-refractivity contribution < 1.29 is 0 Å². The second-order valence-corrected chi connectivity index (χ2v) is 9.90. The Morgan fingerprint density at radius 3 is 2.26 bits per heavy atom. The summed E-state index contributed by atoms with van der Waals surface area (Å²) in [4.78, 5) is 7.76. The highest BCUT2D eigenvalue weighted by atomic mass is 15.1. The van der Waals surface area contributed by atoms with Crippen molar-refractivity contribution in [3.63, 3.8) is 0 Å². The van der Waals surface area contributed by atoms with Crippen LogP contribution in [-0.2, 0) is 19.5 Å². The molecule has 5 rings (SSSR count). The third kappa shape index (κ3) is 5.22. The maximum Gasteiger partial charge on any atom is 0.0706 e. The van der Waals surface area contributed by atoms with E-state index in [9.17, 15) is 0 Å². The summed E-state index contributed by atoms with van der Waals surface area (Å²) < 4.78 is 0. The van der Waals surface area contributed by atoms with Crippen molar-refractivity contribution in [2.75, 3.05) is 13.1 Å². The first-order valence-corrected chi connectivity index (χ1v) is 12.6. The van der Waals surface area contributed by atoms with Gasteiger partial charge in [-0.25, -0.2) is 0 Å². The van der Waals surface area contributed by atoms with Crippen molar-refractivity contribution in [1.29, 1.82) is 0 Å². The Balaban J connectivity index is 1.30. The van der Waals surface area contributed by atoms with E-state index in [1.165, 1.54) is 33.3 Å². The monoisotopic (exact) mass is 449 g/mol. The average molecular weight is 450 g/mol. The fourth-order valence-electron chi connectivity index (χ4n) is 5.17. The third-order valence-corrected chi connectivity index (χ3v) is 6.96. The van der Waals surface area contributed by atoms with E-state index in [1.54, 1.807) is 0 Å². The zero-order chi connectivity index (χ0) is 23.3. The lowest BCUT2D eigenvalue weighted by atomic mass is 9.92. The minimum Gasteiger partial charge on any atom is -0.308 e. The van der Waals surface area contributed by atoms with E-state index in [4.69, 9.17) is 4.98 Å². The molecule has 4 aromatic rings. The molecule has 3 heteroatoms. The topological polar surface area (TPSA) is 28.2 Å². The summed E-state index contributed by atoms with van der Waals surface area (Å²) in [5.41, 5.74) is 7.91. The number of benzene rings is 3. The van der Waals surface area contributed by atoms with Gasteiger partial charge in [0.1, 0.15) is 0 Å². The van der Waals surface area contributed by atoms with Crippen LogP contribution < -0.4 is 5.32 Å². The summed E-state index contributed by atoms with van der Waals surface area (Å²) in [6.07, 6.45) is 2.05. The third-order valence-electron chi connectivity index (χ3n) is 6.96. The highest BCUT2D eigenvalue weighted by Crippen LogP contribution is 2.28. The fourth-order valence-corrected chi connectivity index (χ4v) is 5.17. The predicted molar refractivity (Wildman–Crippen MR) is 142 cm³/mol. The lowest BCUT2D eigenvalue weighted by Crippen LogP contribution is -2.30. The first kappa shape index (κ1) is 22.8. The molecular weight excluding hydrogens is 414 g/mol. The maximum absolute atomic E-state index is 5.20. The van der Waals surface area contributed by atoms with E-state index in [0.717, 1.165) is 44.5 Å². The van der Waals surface area contributed by atoms with Gasteiger partial charge >= 0.3 is 0 Å². The van der Waals surface area contributed by atoms with E-state index < -0.39 is 0 Å². The van der Waals surface area contributed by atoms with Gasteiger partial charge in [-0.2, -0.15) is 0 Å². The molecule has 3 aromatic carbocycles. The molecule has 174 valence electrons. The van der Waals surface area contributed by atoms with Crippen LogP contribution in [0.3, 0.4) is 0 Å². The average Bonchev–Trinajstić information content (AvgIpc) is 3.27. The van der Waals surface area contributed by atoms with Gasteiger partial charge in [0.2, 0.25) is 0 Å². The number of para-hydroxylation sites is 1. The Kier molecular flexibility index (Phi) is 7.03. The van der Waals surface area contributed by atoms with Crippen molar-refractivity contribution in [3.05, 3.63) is 113 Å². The lowest BCUT2D eigenvalue weighted by molar-refractivity contribution is 0.273. The number of rotatable bonds is 9. The summed E-state index contributed by atoms with van der Waals surface area (Å²) in [5.74, 6) is 0.458. The molecule has 1 N–H and O–H groups in total. The molecule has 1 atom stereocenters. The normalized spacial score (nSPS) is 14.6. The highest BCUT2D eigenvalue weighted by molar-refractivity contribution is 5.79. The molecule has 0 saturated carbocycles. The van der Waals surface area contributed by atoms with Crippen molar-refractivity contribution in [1.82, 2.24) is 15.2 Å². The number of hydrogen-bond acceptors (Lipinski definition) is 3. The van der Waals surface area contributed by atoms with Crippen molar-refractivity contribution in [2.24, 2.45) is 5.92 Å². The van der Waals surface area contributed by atoms with Gasteiger partial charge in [0.25, 0.3) is 0 Å². The SMILES string of the molecule is CC(C)C(NCCCN1Cc2ccccc2C1)c1nc2ccccc2cc1Cc1ccccc1. The second-order valence-electron chi connectivity index (χ2n) is 9.90. The summed E-state index contributed by atoms with van der Waals surface area (Å²) >= 11 is 0. The standard InChI is InChI=1S/C31H35N3/c1-23(2)30(32-17-10-18-34-21-26-14-6-7-15-27(26)22-34)31-28(19-24-11-4-3-5-12-24)20-25-13-8-9-16-29(25)33-31/h3-9,11-16,20,23,30,32H,10,17-19,21-22H2,1-2H3. The fraction of sp³-hybridized carbons (Fsp3) is 0.323. The van der Waals surface area contributed by atoms with Gasteiger partial charge in [0.05, 0.1) is 17.3 Å².